The summed E-state index contributed by atoms with van der Waals surface area (Å²) in [6, 6.07) is 6.49. The molecule has 31 heavy (non-hydrogen) atoms. The molecule has 2 aromatic rings. The summed E-state index contributed by atoms with van der Waals surface area (Å²) in [5.74, 6) is 1.29. The third kappa shape index (κ3) is 6.86. The van der Waals surface area contributed by atoms with Crippen LogP contribution in [0.15, 0.2) is 39.8 Å². The van der Waals surface area contributed by atoms with Gasteiger partial charge in [0, 0.05) is 18.4 Å². The number of halogens is 1. The molecule has 4 N–H and O–H groups in total. The maximum Gasteiger partial charge on any atom is 0.240 e. The van der Waals surface area contributed by atoms with Crippen molar-refractivity contribution in [2.75, 3.05) is 23.8 Å². The normalized spacial score (nSPS) is 16.1. The lowest BCUT2D eigenvalue weighted by Crippen LogP contribution is -2.30. The van der Waals surface area contributed by atoms with Gasteiger partial charge >= 0.3 is 0 Å². The lowest BCUT2D eigenvalue weighted by Gasteiger charge is -2.21. The molecule has 1 saturated carbocycles. The van der Waals surface area contributed by atoms with Crippen molar-refractivity contribution in [2.45, 2.75) is 56.4 Å². The van der Waals surface area contributed by atoms with E-state index in [1.807, 2.05) is 6.92 Å². The fraction of sp³-hybridized carbons (Fsp3) is 0.524. The molecular weight excluding hydrogens is 482 g/mol. The lowest BCUT2D eigenvalue weighted by atomic mass is 9.90. The largest absolute Gasteiger partial charge is 0.394 e. The van der Waals surface area contributed by atoms with Gasteiger partial charge in [0.1, 0.15) is 5.82 Å². The molecule has 0 amide bonds. The Morgan fingerprint density at radius 3 is 2.74 bits per heavy atom. The number of rotatable bonds is 10. The van der Waals surface area contributed by atoms with Crippen molar-refractivity contribution < 1.29 is 13.5 Å². The molecule has 1 aliphatic carbocycles. The van der Waals surface area contributed by atoms with Gasteiger partial charge in [0.2, 0.25) is 16.0 Å². The molecule has 170 valence electrons. The van der Waals surface area contributed by atoms with E-state index >= 15 is 0 Å². The SMILES string of the molecule is CC[C@H](CO)Nc1nc(Nc2cccc(S(=O)(=O)NCC3CCCCC3)c2)ncc1Br. The second-order valence-corrected chi connectivity index (χ2v) is 10.5. The molecule has 0 radical (unpaired) electrons. The second kappa shape index (κ2) is 11.2. The molecule has 0 bridgehead atoms. The first kappa shape index (κ1) is 23.9. The van der Waals surface area contributed by atoms with Gasteiger partial charge in [0.15, 0.2) is 0 Å². The first-order valence-corrected chi connectivity index (χ1v) is 13.0. The summed E-state index contributed by atoms with van der Waals surface area (Å²) in [5, 5.41) is 15.6. The minimum Gasteiger partial charge on any atom is -0.394 e. The molecule has 10 heteroatoms. The minimum atomic E-state index is -3.59. The van der Waals surface area contributed by atoms with Gasteiger partial charge in [0.05, 0.1) is 22.0 Å². The molecule has 8 nitrogen and oxygen atoms in total. The van der Waals surface area contributed by atoms with Crippen LogP contribution in [0.2, 0.25) is 0 Å². The van der Waals surface area contributed by atoms with Crippen LogP contribution in [-0.2, 0) is 10.0 Å². The van der Waals surface area contributed by atoms with E-state index in [1.54, 1.807) is 30.5 Å². The zero-order valence-electron chi connectivity index (χ0n) is 17.6. The van der Waals surface area contributed by atoms with E-state index in [9.17, 15) is 13.5 Å². The highest BCUT2D eigenvalue weighted by atomic mass is 79.9. The Bertz CT molecular complexity index is 963. The molecule has 0 unspecified atom stereocenters. The highest BCUT2D eigenvalue weighted by molar-refractivity contribution is 9.10. The van der Waals surface area contributed by atoms with E-state index in [1.165, 1.54) is 19.3 Å². The Labute approximate surface area is 192 Å². The van der Waals surface area contributed by atoms with Gasteiger partial charge in [-0.05, 0) is 59.3 Å². The summed E-state index contributed by atoms with van der Waals surface area (Å²) in [6.45, 7) is 2.44. The molecule has 3 rings (SSSR count). The van der Waals surface area contributed by atoms with E-state index in [2.05, 4.69) is 41.3 Å². The molecule has 0 aliphatic heterocycles. The zero-order chi connectivity index (χ0) is 22.3. The van der Waals surface area contributed by atoms with Crippen LogP contribution in [0.4, 0.5) is 17.5 Å². The van der Waals surface area contributed by atoms with Crippen LogP contribution in [0.25, 0.3) is 0 Å². The van der Waals surface area contributed by atoms with E-state index in [4.69, 9.17) is 0 Å². The Morgan fingerprint density at radius 2 is 2.03 bits per heavy atom. The van der Waals surface area contributed by atoms with Crippen LogP contribution in [0.1, 0.15) is 45.4 Å². The van der Waals surface area contributed by atoms with Gasteiger partial charge in [0.25, 0.3) is 0 Å². The number of hydrogen-bond acceptors (Lipinski definition) is 7. The highest BCUT2D eigenvalue weighted by Crippen LogP contribution is 2.25. The van der Waals surface area contributed by atoms with Gasteiger partial charge in [-0.3, -0.25) is 0 Å². The van der Waals surface area contributed by atoms with Gasteiger partial charge in [-0.15, -0.1) is 0 Å². The van der Waals surface area contributed by atoms with Crippen LogP contribution in [0, 0.1) is 5.92 Å². The van der Waals surface area contributed by atoms with Gasteiger partial charge in [-0.2, -0.15) is 4.98 Å². The Morgan fingerprint density at radius 1 is 1.26 bits per heavy atom. The summed E-state index contributed by atoms with van der Waals surface area (Å²) >= 11 is 3.41. The fourth-order valence-corrected chi connectivity index (χ4v) is 5.04. The van der Waals surface area contributed by atoms with Gasteiger partial charge in [-0.1, -0.05) is 32.3 Å². The predicted octanol–water partition coefficient (Wildman–Crippen LogP) is 4.02. The predicted molar refractivity (Wildman–Crippen MR) is 126 cm³/mol. The number of sulfonamides is 1. The molecule has 1 atom stereocenters. The molecule has 1 aromatic carbocycles. The lowest BCUT2D eigenvalue weighted by molar-refractivity contribution is 0.271. The highest BCUT2D eigenvalue weighted by Gasteiger charge is 2.19. The number of aliphatic hydroxyl groups excluding tert-OH is 1. The number of benzene rings is 1. The maximum atomic E-state index is 12.8. The van der Waals surface area contributed by atoms with Crippen molar-refractivity contribution in [3.63, 3.8) is 0 Å². The average molecular weight is 512 g/mol. The summed E-state index contributed by atoms with van der Waals surface area (Å²) < 4.78 is 28.9. The molecule has 0 spiro atoms. The monoisotopic (exact) mass is 511 g/mol. The van der Waals surface area contributed by atoms with Crippen LogP contribution in [-0.4, -0.2) is 42.7 Å². The van der Waals surface area contributed by atoms with Crippen molar-refractivity contribution in [3.8, 4) is 0 Å². The quantitative estimate of drug-likeness (QED) is 0.380. The van der Waals surface area contributed by atoms with Crippen LogP contribution in [0.5, 0.6) is 0 Å². The average Bonchev–Trinajstić information content (AvgIpc) is 2.79. The molecular formula is C21H30BrN5O3S. The Balaban J connectivity index is 1.70. The fourth-order valence-electron chi connectivity index (χ4n) is 3.57. The van der Waals surface area contributed by atoms with E-state index in [-0.39, 0.29) is 17.5 Å². The summed E-state index contributed by atoms with van der Waals surface area (Å²) in [5.41, 5.74) is 0.572. The van der Waals surface area contributed by atoms with Crippen LogP contribution in [0.3, 0.4) is 0 Å². The summed E-state index contributed by atoms with van der Waals surface area (Å²) in [7, 11) is -3.59. The Kier molecular flexibility index (Phi) is 8.65. The standard InChI is InChI=1S/C21H30BrN5O3S/c1-2-16(14-28)25-20-19(22)13-23-21(27-20)26-17-9-6-10-18(11-17)31(29,30)24-12-15-7-4-3-5-8-15/h6,9-11,13,15-16,24,28H,2-5,7-8,12,14H2,1H3,(H2,23,25,26,27)/t16-/m1/s1. The van der Waals surface area contributed by atoms with Crippen LogP contribution < -0.4 is 15.4 Å². The second-order valence-electron chi connectivity index (χ2n) is 7.83. The summed E-state index contributed by atoms with van der Waals surface area (Å²) in [6.07, 6.45) is 8.09. The maximum absolute atomic E-state index is 12.8. The number of nitrogens with one attached hydrogen (secondary N) is 3. The number of aromatic nitrogens is 2. The first-order valence-electron chi connectivity index (χ1n) is 10.7. The number of nitrogens with zero attached hydrogens (tertiary/aromatic N) is 2. The van der Waals surface area contributed by atoms with Crippen molar-refractivity contribution in [3.05, 3.63) is 34.9 Å². The van der Waals surface area contributed by atoms with Crippen molar-refractivity contribution in [2.24, 2.45) is 5.92 Å². The smallest absolute Gasteiger partial charge is 0.240 e. The summed E-state index contributed by atoms with van der Waals surface area (Å²) in [4.78, 5) is 8.89. The molecule has 1 aromatic heterocycles. The topological polar surface area (TPSA) is 116 Å². The van der Waals surface area contributed by atoms with Crippen molar-refractivity contribution in [1.82, 2.24) is 14.7 Å². The van der Waals surface area contributed by atoms with Crippen molar-refractivity contribution in [1.29, 1.82) is 0 Å². The molecule has 1 fully saturated rings. The number of hydrogen-bond donors (Lipinski definition) is 4. The minimum absolute atomic E-state index is 0.0104. The van der Waals surface area contributed by atoms with Crippen LogP contribution >= 0.6 is 15.9 Å². The molecule has 1 heterocycles. The van der Waals surface area contributed by atoms with Gasteiger partial charge < -0.3 is 15.7 Å². The van der Waals surface area contributed by atoms with E-state index in [0.717, 1.165) is 19.3 Å². The molecule has 0 saturated heterocycles. The third-order valence-corrected chi connectivity index (χ3v) is 7.49. The Hall–Kier alpha value is -1.75. The molecule has 1 aliphatic rings. The van der Waals surface area contributed by atoms with Crippen molar-refractivity contribution >= 4 is 43.4 Å². The zero-order valence-corrected chi connectivity index (χ0v) is 20.0. The number of anilines is 3. The first-order chi connectivity index (χ1) is 14.9. The van der Waals surface area contributed by atoms with E-state index in [0.29, 0.717) is 34.4 Å². The number of aliphatic hydroxyl groups is 1. The third-order valence-electron chi connectivity index (χ3n) is 5.49. The van der Waals surface area contributed by atoms with Gasteiger partial charge in [-0.25, -0.2) is 18.1 Å². The van der Waals surface area contributed by atoms with E-state index < -0.39 is 10.0 Å².